The summed E-state index contributed by atoms with van der Waals surface area (Å²) < 4.78 is 2.31. The number of hydrogen-bond donors (Lipinski definition) is 1. The molecule has 1 aromatic carbocycles. The maximum Gasteiger partial charge on any atom is 0.143 e. The Labute approximate surface area is 94.7 Å². The summed E-state index contributed by atoms with van der Waals surface area (Å²) in [7, 11) is 0. The number of nitrogens with zero attached hydrogens (tertiary/aromatic N) is 2. The third-order valence-electron chi connectivity index (χ3n) is 3.15. The zero-order valence-electron chi connectivity index (χ0n) is 9.64. The Morgan fingerprint density at radius 3 is 2.75 bits per heavy atom. The number of phenolic OH excluding ortho intramolecular Hbond substituents is 1. The molecular formula is C13H16N2O. The van der Waals surface area contributed by atoms with E-state index < -0.39 is 0 Å². The molecule has 84 valence electrons. The fourth-order valence-electron chi connectivity index (χ4n) is 2.24. The van der Waals surface area contributed by atoms with Crippen molar-refractivity contribution < 1.29 is 5.11 Å². The summed E-state index contributed by atoms with van der Waals surface area (Å²) in [6, 6.07) is 6.25. The van der Waals surface area contributed by atoms with Crippen molar-refractivity contribution in [3.63, 3.8) is 0 Å². The van der Waals surface area contributed by atoms with Crippen LogP contribution in [-0.4, -0.2) is 14.7 Å². The van der Waals surface area contributed by atoms with Gasteiger partial charge in [0.2, 0.25) is 0 Å². The predicted octanol–water partition coefficient (Wildman–Crippen LogP) is 3.20. The minimum absolute atomic E-state index is 0.291. The van der Waals surface area contributed by atoms with Crippen molar-refractivity contribution in [1.82, 2.24) is 9.55 Å². The summed E-state index contributed by atoms with van der Waals surface area (Å²) in [6.07, 6.45) is 2.47. The first-order valence-corrected chi connectivity index (χ1v) is 5.88. The first-order valence-electron chi connectivity index (χ1n) is 5.88. The second kappa shape index (κ2) is 3.24. The average Bonchev–Trinajstić information content (AvgIpc) is 2.99. The number of imidazole rings is 1. The standard InChI is InChI=1S/C13H16N2O/c1-8(2)13-14-12-10(4-3-5-11(12)16)15(13)9-6-7-9/h3-5,8-9,16H,6-7H2,1-2H3. The third kappa shape index (κ3) is 1.31. The smallest absolute Gasteiger partial charge is 0.143 e. The van der Waals surface area contributed by atoms with E-state index in [0.29, 0.717) is 17.7 Å². The zero-order valence-corrected chi connectivity index (χ0v) is 9.64. The highest BCUT2D eigenvalue weighted by atomic mass is 16.3. The van der Waals surface area contributed by atoms with Crippen LogP contribution in [-0.2, 0) is 0 Å². The SMILES string of the molecule is CC(C)c1nc2c(O)cccc2n1C1CC1. The maximum atomic E-state index is 9.82. The highest BCUT2D eigenvalue weighted by Crippen LogP contribution is 2.41. The number of aromatic nitrogens is 2. The number of rotatable bonds is 2. The molecule has 0 saturated heterocycles. The van der Waals surface area contributed by atoms with E-state index in [2.05, 4.69) is 23.4 Å². The Balaban J connectivity index is 2.32. The van der Waals surface area contributed by atoms with E-state index in [4.69, 9.17) is 0 Å². The van der Waals surface area contributed by atoms with Gasteiger partial charge in [-0.05, 0) is 25.0 Å². The topological polar surface area (TPSA) is 38.1 Å². The summed E-state index contributed by atoms with van der Waals surface area (Å²) in [5.41, 5.74) is 1.82. The highest BCUT2D eigenvalue weighted by molar-refractivity contribution is 5.82. The van der Waals surface area contributed by atoms with E-state index in [1.54, 1.807) is 6.07 Å². The van der Waals surface area contributed by atoms with Crippen molar-refractivity contribution >= 4 is 11.0 Å². The van der Waals surface area contributed by atoms with Gasteiger partial charge in [-0.3, -0.25) is 0 Å². The molecule has 0 amide bonds. The second-order valence-corrected chi connectivity index (χ2v) is 4.87. The summed E-state index contributed by atoms with van der Waals surface area (Å²) in [6.45, 7) is 4.30. The van der Waals surface area contributed by atoms with Gasteiger partial charge in [0.05, 0.1) is 5.52 Å². The summed E-state index contributed by atoms with van der Waals surface area (Å²) >= 11 is 0. The van der Waals surface area contributed by atoms with Gasteiger partial charge in [-0.1, -0.05) is 19.9 Å². The monoisotopic (exact) mass is 216 g/mol. The van der Waals surface area contributed by atoms with Crippen LogP contribution >= 0.6 is 0 Å². The lowest BCUT2D eigenvalue weighted by atomic mass is 10.2. The molecule has 3 nitrogen and oxygen atoms in total. The fraction of sp³-hybridized carbons (Fsp3) is 0.462. The largest absolute Gasteiger partial charge is 0.506 e. The Hall–Kier alpha value is -1.51. The Morgan fingerprint density at radius 1 is 1.38 bits per heavy atom. The Bertz CT molecular complexity index is 538. The molecule has 1 aliphatic carbocycles. The summed E-state index contributed by atoms with van der Waals surface area (Å²) in [4.78, 5) is 4.59. The van der Waals surface area contributed by atoms with E-state index in [-0.39, 0.29) is 0 Å². The molecule has 3 heteroatoms. The molecule has 16 heavy (non-hydrogen) atoms. The minimum atomic E-state index is 0.291. The summed E-state index contributed by atoms with van der Waals surface area (Å²) in [5, 5.41) is 9.82. The lowest BCUT2D eigenvalue weighted by molar-refractivity contribution is 0.480. The lowest BCUT2D eigenvalue weighted by Crippen LogP contribution is -2.02. The van der Waals surface area contributed by atoms with Crippen molar-refractivity contribution in [3.05, 3.63) is 24.0 Å². The fourth-order valence-corrected chi connectivity index (χ4v) is 2.24. The van der Waals surface area contributed by atoms with E-state index in [0.717, 1.165) is 16.9 Å². The van der Waals surface area contributed by atoms with Crippen LogP contribution in [0.5, 0.6) is 5.75 Å². The van der Waals surface area contributed by atoms with Crippen LogP contribution in [0.1, 0.15) is 44.5 Å². The zero-order chi connectivity index (χ0) is 11.3. The van der Waals surface area contributed by atoms with E-state index >= 15 is 0 Å². The van der Waals surface area contributed by atoms with Gasteiger partial charge in [-0.15, -0.1) is 0 Å². The number of benzene rings is 1. The quantitative estimate of drug-likeness (QED) is 0.837. The van der Waals surface area contributed by atoms with Crippen molar-refractivity contribution in [2.45, 2.75) is 38.6 Å². The number of hydrogen-bond acceptors (Lipinski definition) is 2. The van der Waals surface area contributed by atoms with Gasteiger partial charge in [-0.25, -0.2) is 4.98 Å². The molecule has 1 aromatic heterocycles. The first-order chi connectivity index (χ1) is 7.68. The highest BCUT2D eigenvalue weighted by Gasteiger charge is 2.29. The normalized spacial score (nSPS) is 16.2. The van der Waals surface area contributed by atoms with Crippen molar-refractivity contribution in [1.29, 1.82) is 0 Å². The van der Waals surface area contributed by atoms with Gasteiger partial charge < -0.3 is 9.67 Å². The van der Waals surface area contributed by atoms with Gasteiger partial charge in [0.15, 0.2) is 0 Å². The van der Waals surface area contributed by atoms with E-state index in [9.17, 15) is 5.11 Å². The van der Waals surface area contributed by atoms with Gasteiger partial charge in [0, 0.05) is 12.0 Å². The van der Waals surface area contributed by atoms with Crippen LogP contribution in [0.3, 0.4) is 0 Å². The van der Waals surface area contributed by atoms with Crippen LogP contribution in [0.4, 0.5) is 0 Å². The molecular weight excluding hydrogens is 200 g/mol. The molecule has 0 radical (unpaired) electrons. The molecule has 0 aliphatic heterocycles. The number of aromatic hydroxyl groups is 1. The van der Waals surface area contributed by atoms with Crippen LogP contribution in [0.2, 0.25) is 0 Å². The molecule has 1 saturated carbocycles. The summed E-state index contributed by atoms with van der Waals surface area (Å²) in [5.74, 6) is 1.78. The Kier molecular flexibility index (Phi) is 1.96. The molecule has 3 rings (SSSR count). The van der Waals surface area contributed by atoms with Gasteiger partial charge in [0.1, 0.15) is 17.1 Å². The van der Waals surface area contributed by atoms with Crippen LogP contribution in [0.15, 0.2) is 18.2 Å². The molecule has 0 unspecified atom stereocenters. The molecule has 0 spiro atoms. The van der Waals surface area contributed by atoms with E-state index in [1.807, 2.05) is 12.1 Å². The van der Waals surface area contributed by atoms with Crippen molar-refractivity contribution in [3.8, 4) is 5.75 Å². The minimum Gasteiger partial charge on any atom is -0.506 e. The molecule has 2 aromatic rings. The lowest BCUT2D eigenvalue weighted by Gasteiger charge is -2.09. The van der Waals surface area contributed by atoms with Crippen LogP contribution in [0, 0.1) is 0 Å². The molecule has 1 N–H and O–H groups in total. The van der Waals surface area contributed by atoms with Crippen LogP contribution < -0.4 is 0 Å². The average molecular weight is 216 g/mol. The van der Waals surface area contributed by atoms with Crippen molar-refractivity contribution in [2.75, 3.05) is 0 Å². The number of fused-ring (bicyclic) bond motifs is 1. The van der Waals surface area contributed by atoms with Crippen LogP contribution in [0.25, 0.3) is 11.0 Å². The maximum absolute atomic E-state index is 9.82. The molecule has 1 fully saturated rings. The van der Waals surface area contributed by atoms with Crippen molar-refractivity contribution in [2.24, 2.45) is 0 Å². The number of para-hydroxylation sites is 1. The molecule has 0 atom stereocenters. The number of phenols is 1. The first kappa shape index (κ1) is 9.70. The molecule has 0 bridgehead atoms. The Morgan fingerprint density at radius 2 is 2.12 bits per heavy atom. The molecule has 1 aliphatic rings. The van der Waals surface area contributed by atoms with Gasteiger partial charge >= 0.3 is 0 Å². The third-order valence-corrected chi connectivity index (χ3v) is 3.15. The molecule has 1 heterocycles. The van der Waals surface area contributed by atoms with Gasteiger partial charge in [0.25, 0.3) is 0 Å². The van der Waals surface area contributed by atoms with Gasteiger partial charge in [-0.2, -0.15) is 0 Å². The second-order valence-electron chi connectivity index (χ2n) is 4.87. The predicted molar refractivity (Wildman–Crippen MR) is 63.8 cm³/mol. The van der Waals surface area contributed by atoms with E-state index in [1.165, 1.54) is 12.8 Å².